The quantitative estimate of drug-likeness (QED) is 0.0415. The molecule has 1 heterocycles. The summed E-state index contributed by atoms with van der Waals surface area (Å²) in [7, 11) is -2.04. The molecule has 2 rings (SSSR count). The van der Waals surface area contributed by atoms with Crippen LogP contribution in [0.3, 0.4) is 0 Å². The Morgan fingerprint density at radius 1 is 1.12 bits per heavy atom. The van der Waals surface area contributed by atoms with Crippen LogP contribution in [-0.4, -0.2) is 58.0 Å². The second-order valence-electron chi connectivity index (χ2n) is 11.0. The number of β-lactam (4-membered cyclic amide) rings is 1. The van der Waals surface area contributed by atoms with Crippen LogP contribution < -0.4 is 0 Å². The van der Waals surface area contributed by atoms with E-state index in [-0.39, 0.29) is 43.4 Å². The third kappa shape index (κ3) is 9.56. The van der Waals surface area contributed by atoms with Gasteiger partial charge in [-0.1, -0.05) is 26.8 Å². The lowest BCUT2D eigenvalue weighted by Crippen LogP contribution is -2.60. The van der Waals surface area contributed by atoms with Gasteiger partial charge in [0.1, 0.15) is 6.61 Å². The molecule has 1 fully saturated rings. The Hall–Kier alpha value is -2.39. The van der Waals surface area contributed by atoms with Crippen molar-refractivity contribution in [3.05, 3.63) is 62.5 Å². The second-order valence-corrected chi connectivity index (χ2v) is 19.6. The molecule has 0 aliphatic carbocycles. The Morgan fingerprint density at radius 3 is 2.17 bits per heavy atom. The first-order valence-electron chi connectivity index (χ1n) is 13.2. The SMILES string of the molecule is C=CCS[C@@H]1[C@@H](CCO[Si](C)(C)C(C)(C)C)C(=O)N1C(C(=O)OCc1ccc([N+](=O)[O-])cc1)=C(SC(C)=O)SC(C)=O. The van der Waals surface area contributed by atoms with Crippen molar-refractivity contribution in [2.45, 2.75) is 71.2 Å². The number of esters is 1. The molecule has 2 atom stereocenters. The van der Waals surface area contributed by atoms with Crippen LogP contribution in [0.2, 0.25) is 18.1 Å². The number of non-ortho nitro benzene ring substituents is 1. The molecule has 1 aliphatic rings. The summed E-state index contributed by atoms with van der Waals surface area (Å²) in [6, 6.07) is 5.50. The van der Waals surface area contributed by atoms with Crippen molar-refractivity contribution in [2.75, 3.05) is 12.4 Å². The van der Waals surface area contributed by atoms with Crippen molar-refractivity contribution >= 4 is 71.4 Å². The zero-order chi connectivity index (χ0) is 31.8. The van der Waals surface area contributed by atoms with Crippen LogP contribution in [0.25, 0.3) is 0 Å². The van der Waals surface area contributed by atoms with Crippen molar-refractivity contribution in [2.24, 2.45) is 5.92 Å². The lowest BCUT2D eigenvalue weighted by Gasteiger charge is -2.47. The topological polar surface area (TPSA) is 133 Å². The van der Waals surface area contributed by atoms with Gasteiger partial charge in [0.2, 0.25) is 5.91 Å². The summed E-state index contributed by atoms with van der Waals surface area (Å²) in [5.74, 6) is -1.18. The number of carbonyl (C=O) groups excluding carboxylic acids is 4. The van der Waals surface area contributed by atoms with E-state index in [0.717, 1.165) is 0 Å². The maximum absolute atomic E-state index is 13.6. The van der Waals surface area contributed by atoms with E-state index in [1.54, 1.807) is 6.08 Å². The predicted octanol–water partition coefficient (Wildman–Crippen LogP) is 6.48. The van der Waals surface area contributed by atoms with Gasteiger partial charge in [0.15, 0.2) is 24.2 Å². The summed E-state index contributed by atoms with van der Waals surface area (Å²) in [5.41, 5.74) is 0.201. The minimum absolute atomic E-state index is 0.00567. The van der Waals surface area contributed by atoms with Crippen molar-refractivity contribution in [3.8, 4) is 0 Å². The van der Waals surface area contributed by atoms with Crippen molar-refractivity contribution < 1.29 is 33.3 Å². The third-order valence-electron chi connectivity index (χ3n) is 6.85. The molecule has 0 spiro atoms. The van der Waals surface area contributed by atoms with E-state index < -0.39 is 30.5 Å². The molecule has 1 amide bonds. The van der Waals surface area contributed by atoms with Crippen molar-refractivity contribution in [1.82, 2.24) is 4.90 Å². The lowest BCUT2D eigenvalue weighted by molar-refractivity contribution is -0.384. The van der Waals surface area contributed by atoms with Gasteiger partial charge in [-0.05, 0) is 65.8 Å². The van der Waals surface area contributed by atoms with E-state index in [9.17, 15) is 29.3 Å². The average Bonchev–Trinajstić information content (AvgIpc) is 2.88. The van der Waals surface area contributed by atoms with E-state index in [2.05, 4.69) is 40.4 Å². The number of hydrogen-bond donors (Lipinski definition) is 0. The number of nitrogens with zero attached hydrogens (tertiary/aromatic N) is 2. The van der Waals surface area contributed by atoms with Gasteiger partial charge in [0.05, 0.1) is 20.5 Å². The maximum Gasteiger partial charge on any atom is 0.357 e. The molecule has 0 bridgehead atoms. The van der Waals surface area contributed by atoms with E-state index in [1.807, 2.05) is 0 Å². The van der Waals surface area contributed by atoms with Crippen LogP contribution in [0.5, 0.6) is 0 Å². The fraction of sp³-hybridized carbons (Fsp3) is 0.500. The number of carbonyl (C=O) groups is 4. The smallest absolute Gasteiger partial charge is 0.357 e. The molecule has 0 radical (unpaired) electrons. The van der Waals surface area contributed by atoms with E-state index >= 15 is 0 Å². The molecule has 14 heteroatoms. The number of likely N-dealkylation sites (tertiary alicyclic amines) is 1. The summed E-state index contributed by atoms with van der Waals surface area (Å²) >= 11 is 2.79. The maximum atomic E-state index is 13.6. The summed E-state index contributed by atoms with van der Waals surface area (Å²) < 4.78 is 11.9. The van der Waals surface area contributed by atoms with E-state index in [0.29, 0.717) is 47.9 Å². The molecule has 10 nitrogen and oxygen atoms in total. The number of nitro groups is 1. The Balaban J connectivity index is 2.40. The molecule has 0 unspecified atom stereocenters. The normalized spacial score (nSPS) is 16.8. The van der Waals surface area contributed by atoms with Gasteiger partial charge in [-0.25, -0.2) is 4.79 Å². The predicted molar refractivity (Wildman–Crippen MR) is 171 cm³/mol. The number of rotatable bonds is 14. The highest BCUT2D eigenvalue weighted by atomic mass is 32.2. The van der Waals surface area contributed by atoms with E-state index in [1.165, 1.54) is 54.8 Å². The fourth-order valence-electron chi connectivity index (χ4n) is 3.63. The zero-order valence-electron chi connectivity index (χ0n) is 25.0. The molecule has 1 aromatic rings. The molecule has 0 N–H and O–H groups in total. The Morgan fingerprint density at radius 2 is 1.69 bits per heavy atom. The minimum atomic E-state index is -2.04. The molecular formula is C28H38N2O8S3Si. The standard InChI is InChI=1S/C28H38N2O8S3Si/c1-9-16-39-25-22(14-15-38-42(7,8)28(4,5)6)24(33)29(25)23(27(40-18(2)31)41-19(3)32)26(34)37-17-20-10-12-21(13-11-20)30(35)36/h9-13,22,25H,1,14-17H2,2-8H3/t22-,25+/m0/s1. The molecule has 1 saturated heterocycles. The fourth-order valence-corrected chi connectivity index (χ4v) is 7.82. The van der Waals surface area contributed by atoms with Crippen molar-refractivity contribution in [3.63, 3.8) is 0 Å². The van der Waals surface area contributed by atoms with Gasteiger partial charge in [-0.2, -0.15) is 0 Å². The van der Waals surface area contributed by atoms with Gasteiger partial charge >= 0.3 is 5.97 Å². The van der Waals surface area contributed by atoms with E-state index in [4.69, 9.17) is 9.16 Å². The number of ether oxygens (including phenoxy) is 1. The lowest BCUT2D eigenvalue weighted by atomic mass is 9.94. The summed E-state index contributed by atoms with van der Waals surface area (Å²) in [4.78, 5) is 63.2. The average molecular weight is 655 g/mol. The van der Waals surface area contributed by atoms with Crippen LogP contribution in [0.4, 0.5) is 5.69 Å². The zero-order valence-corrected chi connectivity index (χ0v) is 28.4. The Bertz CT molecular complexity index is 1230. The molecule has 42 heavy (non-hydrogen) atoms. The highest BCUT2D eigenvalue weighted by Gasteiger charge is 2.52. The highest BCUT2D eigenvalue weighted by molar-refractivity contribution is 8.34. The molecule has 1 aromatic carbocycles. The molecule has 230 valence electrons. The number of thioether (sulfide) groups is 3. The first-order valence-corrected chi connectivity index (χ1v) is 18.8. The Kier molecular flexibility index (Phi) is 13.1. The highest BCUT2D eigenvalue weighted by Crippen LogP contribution is 2.45. The largest absolute Gasteiger partial charge is 0.456 e. The molecular weight excluding hydrogens is 617 g/mol. The minimum Gasteiger partial charge on any atom is -0.456 e. The first kappa shape index (κ1) is 35.8. The van der Waals surface area contributed by atoms with Crippen molar-refractivity contribution in [1.29, 1.82) is 0 Å². The summed E-state index contributed by atoms with van der Waals surface area (Å²) in [5, 5.41) is 9.74. The number of amides is 1. The first-order chi connectivity index (χ1) is 19.5. The van der Waals surface area contributed by atoms with Gasteiger partial charge < -0.3 is 9.16 Å². The molecule has 0 aromatic heterocycles. The van der Waals surface area contributed by atoms with Gasteiger partial charge in [-0.15, -0.1) is 18.3 Å². The van der Waals surface area contributed by atoms with Gasteiger partial charge in [-0.3, -0.25) is 29.4 Å². The monoisotopic (exact) mass is 654 g/mol. The number of hydrogen-bond acceptors (Lipinski definition) is 11. The second kappa shape index (κ2) is 15.4. The van der Waals surface area contributed by atoms with Crippen LogP contribution in [0, 0.1) is 16.0 Å². The summed E-state index contributed by atoms with van der Waals surface area (Å²) in [6.45, 7) is 17.2. The van der Waals surface area contributed by atoms with Gasteiger partial charge in [0.25, 0.3) is 5.69 Å². The summed E-state index contributed by atoms with van der Waals surface area (Å²) in [6.07, 6.45) is 2.14. The number of nitro benzene ring substituents is 1. The van der Waals surface area contributed by atoms with Crippen LogP contribution in [-0.2, 0) is 34.9 Å². The number of benzene rings is 1. The third-order valence-corrected chi connectivity index (χ3v) is 14.5. The van der Waals surface area contributed by atoms with Crippen LogP contribution in [0.15, 0.2) is 46.9 Å². The van der Waals surface area contributed by atoms with Crippen LogP contribution in [0.1, 0.15) is 46.6 Å². The molecule has 1 aliphatic heterocycles. The molecule has 0 saturated carbocycles. The van der Waals surface area contributed by atoms with Crippen LogP contribution >= 0.6 is 35.3 Å². The Labute approximate surface area is 260 Å². The van der Waals surface area contributed by atoms with Gasteiger partial charge in [0, 0.05) is 38.3 Å².